The Balaban J connectivity index is 1.77. The molecule has 3 aromatic rings. The third-order valence-electron chi connectivity index (χ3n) is 5.57. The van der Waals surface area contributed by atoms with Crippen LogP contribution in [0.25, 0.3) is 21.8 Å². The molecule has 1 saturated carbocycles. The molecular weight excluding hydrogens is 441 g/mol. The fourth-order valence-corrected chi connectivity index (χ4v) is 4.58. The van der Waals surface area contributed by atoms with E-state index >= 15 is 0 Å². The Bertz CT molecular complexity index is 1160. The van der Waals surface area contributed by atoms with E-state index in [1.807, 2.05) is 0 Å². The Hall–Kier alpha value is -2.85. The zero-order chi connectivity index (χ0) is 23.1. The molecule has 1 fully saturated rings. The Morgan fingerprint density at radius 1 is 1.25 bits per heavy atom. The third kappa shape index (κ3) is 4.12. The highest BCUT2D eigenvalue weighted by Crippen LogP contribution is 2.45. The van der Waals surface area contributed by atoms with Gasteiger partial charge in [-0.3, -0.25) is 0 Å². The number of aryl methyl sites for hydroxylation is 1. The Morgan fingerprint density at radius 3 is 2.66 bits per heavy atom. The van der Waals surface area contributed by atoms with Gasteiger partial charge in [-0.15, -0.1) is 11.3 Å². The molecule has 0 saturated heterocycles. The van der Waals surface area contributed by atoms with Crippen molar-refractivity contribution < 1.29 is 23.1 Å². The lowest BCUT2D eigenvalue weighted by atomic mass is 9.86. The van der Waals surface area contributed by atoms with Crippen molar-refractivity contribution in [1.82, 2.24) is 15.0 Å². The SMILES string of the molecule is Cc1ccc(C(O)(CCC=O)C(F)(F)F)cc1-c1cnc(N)c(-c2cnc(C3CC3)s2)n1. The number of nitrogen functional groups attached to an aromatic ring is 1. The first-order chi connectivity index (χ1) is 15.1. The lowest BCUT2D eigenvalue weighted by Gasteiger charge is -2.31. The summed E-state index contributed by atoms with van der Waals surface area (Å²) in [5, 5.41) is 11.5. The van der Waals surface area contributed by atoms with Crippen LogP contribution < -0.4 is 5.73 Å². The maximum Gasteiger partial charge on any atom is 0.421 e. The van der Waals surface area contributed by atoms with E-state index in [2.05, 4.69) is 15.0 Å². The first kappa shape index (κ1) is 22.3. The number of anilines is 1. The number of carbonyl (C=O) groups is 1. The van der Waals surface area contributed by atoms with Crippen LogP contribution >= 0.6 is 11.3 Å². The number of rotatable bonds is 7. The molecule has 1 unspecified atom stereocenters. The van der Waals surface area contributed by atoms with Crippen LogP contribution in [0.15, 0.2) is 30.6 Å². The molecule has 1 aliphatic rings. The van der Waals surface area contributed by atoms with E-state index in [9.17, 15) is 23.1 Å². The van der Waals surface area contributed by atoms with Crippen molar-refractivity contribution in [1.29, 1.82) is 0 Å². The molecule has 0 spiro atoms. The van der Waals surface area contributed by atoms with Crippen LogP contribution in [0.4, 0.5) is 19.0 Å². The van der Waals surface area contributed by atoms with E-state index in [1.54, 1.807) is 13.1 Å². The van der Waals surface area contributed by atoms with Crippen molar-refractivity contribution >= 4 is 23.4 Å². The predicted molar refractivity (Wildman–Crippen MR) is 115 cm³/mol. The molecule has 6 nitrogen and oxygen atoms in total. The van der Waals surface area contributed by atoms with Gasteiger partial charge in [0.05, 0.1) is 21.8 Å². The minimum Gasteiger partial charge on any atom is -0.382 e. The molecule has 0 aliphatic heterocycles. The van der Waals surface area contributed by atoms with Crippen LogP contribution in [-0.2, 0) is 10.4 Å². The third-order valence-corrected chi connectivity index (χ3v) is 6.73. The summed E-state index contributed by atoms with van der Waals surface area (Å²) in [7, 11) is 0. The monoisotopic (exact) mass is 462 g/mol. The highest BCUT2D eigenvalue weighted by molar-refractivity contribution is 7.15. The van der Waals surface area contributed by atoms with Crippen molar-refractivity contribution in [2.24, 2.45) is 0 Å². The Labute approximate surface area is 186 Å². The Kier molecular flexibility index (Phi) is 5.76. The number of nitrogens with two attached hydrogens (primary N) is 1. The topological polar surface area (TPSA) is 102 Å². The highest BCUT2D eigenvalue weighted by Gasteiger charge is 2.54. The molecular formula is C22H21F3N4O2S. The fraction of sp³-hybridized carbons (Fsp3) is 0.364. The van der Waals surface area contributed by atoms with Gasteiger partial charge in [-0.2, -0.15) is 13.2 Å². The average molecular weight is 462 g/mol. The molecule has 0 amide bonds. The lowest BCUT2D eigenvalue weighted by molar-refractivity contribution is -0.269. The van der Waals surface area contributed by atoms with Gasteiger partial charge in [0.25, 0.3) is 0 Å². The second kappa shape index (κ2) is 8.25. The largest absolute Gasteiger partial charge is 0.421 e. The van der Waals surface area contributed by atoms with Gasteiger partial charge in [-0.1, -0.05) is 12.1 Å². The summed E-state index contributed by atoms with van der Waals surface area (Å²) in [5.41, 5.74) is 4.31. The zero-order valence-corrected chi connectivity index (χ0v) is 18.0. The van der Waals surface area contributed by atoms with Crippen molar-refractivity contribution in [3.8, 4) is 21.8 Å². The minimum absolute atomic E-state index is 0.200. The number of hydrogen-bond donors (Lipinski definition) is 2. The van der Waals surface area contributed by atoms with Crippen LogP contribution in [0.3, 0.4) is 0 Å². The molecule has 2 aromatic heterocycles. The summed E-state index contributed by atoms with van der Waals surface area (Å²) in [6.45, 7) is 1.73. The predicted octanol–water partition coefficient (Wildman–Crippen LogP) is 4.76. The van der Waals surface area contributed by atoms with E-state index in [0.29, 0.717) is 34.7 Å². The van der Waals surface area contributed by atoms with E-state index in [-0.39, 0.29) is 11.4 Å². The van der Waals surface area contributed by atoms with E-state index in [1.165, 1.54) is 35.7 Å². The van der Waals surface area contributed by atoms with E-state index in [4.69, 9.17) is 5.73 Å². The molecule has 0 bridgehead atoms. The number of benzene rings is 1. The fourth-order valence-electron chi connectivity index (χ4n) is 3.50. The molecule has 10 heteroatoms. The number of carbonyl (C=O) groups excluding carboxylic acids is 1. The summed E-state index contributed by atoms with van der Waals surface area (Å²) in [6.07, 6.45) is -0.513. The molecule has 2 heterocycles. The van der Waals surface area contributed by atoms with Crippen LogP contribution in [-0.4, -0.2) is 32.5 Å². The quantitative estimate of drug-likeness (QED) is 0.491. The number of alkyl halides is 3. The summed E-state index contributed by atoms with van der Waals surface area (Å²) in [4.78, 5) is 24.6. The van der Waals surface area contributed by atoms with E-state index in [0.717, 1.165) is 22.7 Å². The van der Waals surface area contributed by atoms with Gasteiger partial charge < -0.3 is 15.6 Å². The lowest BCUT2D eigenvalue weighted by Crippen LogP contribution is -2.42. The maximum atomic E-state index is 13.7. The van der Waals surface area contributed by atoms with Crippen LogP contribution in [0.2, 0.25) is 0 Å². The van der Waals surface area contributed by atoms with Gasteiger partial charge in [-0.25, -0.2) is 15.0 Å². The van der Waals surface area contributed by atoms with E-state index < -0.39 is 24.6 Å². The highest BCUT2D eigenvalue weighted by atomic mass is 32.1. The van der Waals surface area contributed by atoms with Crippen molar-refractivity contribution in [2.45, 2.75) is 50.3 Å². The van der Waals surface area contributed by atoms with Crippen LogP contribution in [0, 0.1) is 6.92 Å². The summed E-state index contributed by atoms with van der Waals surface area (Å²) in [5.74, 6) is 0.669. The number of aromatic nitrogens is 3. The number of thiazole rings is 1. The number of halogens is 3. The van der Waals surface area contributed by atoms with Crippen molar-refractivity contribution in [2.75, 3.05) is 5.73 Å². The normalized spacial score (nSPS) is 16.0. The maximum absolute atomic E-state index is 13.7. The van der Waals surface area contributed by atoms with Crippen LogP contribution in [0.5, 0.6) is 0 Å². The smallest absolute Gasteiger partial charge is 0.382 e. The standard InChI is InChI=1S/C22H21F3N4O2S/c1-12-3-6-14(21(31,7-2-8-30)22(23,24)25)9-15(12)16-10-27-19(26)18(29-16)17-11-28-20(32-17)13-4-5-13/h3,6,8-11,13,31H,2,4-5,7H2,1H3,(H2,26,27). The van der Waals surface area contributed by atoms with Gasteiger partial charge >= 0.3 is 6.18 Å². The zero-order valence-electron chi connectivity index (χ0n) is 17.2. The molecule has 168 valence electrons. The molecule has 0 radical (unpaired) electrons. The summed E-state index contributed by atoms with van der Waals surface area (Å²) in [6, 6.07) is 3.95. The van der Waals surface area contributed by atoms with Crippen LogP contribution in [0.1, 0.15) is 47.7 Å². The van der Waals surface area contributed by atoms with Gasteiger partial charge in [0.2, 0.25) is 0 Å². The number of aliphatic hydroxyl groups is 1. The summed E-state index contributed by atoms with van der Waals surface area (Å²) >= 11 is 1.48. The van der Waals surface area contributed by atoms with Gasteiger partial charge in [-0.05, 0) is 43.4 Å². The number of nitrogens with zero attached hydrogens (tertiary/aromatic N) is 3. The molecule has 3 N–H and O–H groups in total. The second-order valence-corrected chi connectivity index (χ2v) is 8.98. The first-order valence-electron chi connectivity index (χ1n) is 10.1. The van der Waals surface area contributed by atoms with Gasteiger partial charge in [0.15, 0.2) is 11.4 Å². The van der Waals surface area contributed by atoms with Gasteiger partial charge in [0.1, 0.15) is 12.0 Å². The van der Waals surface area contributed by atoms with Gasteiger partial charge in [0, 0.05) is 24.1 Å². The molecule has 4 rings (SSSR count). The molecule has 1 aliphatic carbocycles. The molecule has 1 aromatic carbocycles. The van der Waals surface area contributed by atoms with Crippen molar-refractivity contribution in [3.63, 3.8) is 0 Å². The van der Waals surface area contributed by atoms with Crippen molar-refractivity contribution in [3.05, 3.63) is 46.7 Å². The molecule has 32 heavy (non-hydrogen) atoms. The average Bonchev–Trinajstić information content (AvgIpc) is 3.49. The number of aldehydes is 1. The number of hydrogen-bond acceptors (Lipinski definition) is 7. The first-order valence-corrected chi connectivity index (χ1v) is 10.9. The second-order valence-electron chi connectivity index (χ2n) is 7.92. The molecule has 1 atom stereocenters. The Morgan fingerprint density at radius 2 is 2.00 bits per heavy atom. The summed E-state index contributed by atoms with van der Waals surface area (Å²) < 4.78 is 41.2. The minimum atomic E-state index is -4.96.